The van der Waals surface area contributed by atoms with Gasteiger partial charge in [0.25, 0.3) is 0 Å². The standard InChI is InChI=1S/C9H11NO2S/c1-9(2)6-13(11,12)8-5-10-4-3-7(8)9/h3-5H,6H2,1-2H3. The zero-order chi connectivity index (χ0) is 9.69. The molecule has 0 bridgehead atoms. The molecule has 3 nitrogen and oxygen atoms in total. The van der Waals surface area contributed by atoms with E-state index in [2.05, 4.69) is 4.98 Å². The number of rotatable bonds is 0. The van der Waals surface area contributed by atoms with Gasteiger partial charge in [-0.05, 0) is 11.6 Å². The Balaban J connectivity index is 2.79. The topological polar surface area (TPSA) is 47.0 Å². The first-order chi connectivity index (χ1) is 5.93. The molecule has 0 amide bonds. The van der Waals surface area contributed by atoms with Gasteiger partial charge in [-0.25, -0.2) is 8.42 Å². The molecule has 0 N–H and O–H groups in total. The second kappa shape index (κ2) is 2.32. The molecule has 0 radical (unpaired) electrons. The van der Waals surface area contributed by atoms with Crippen molar-refractivity contribution in [2.24, 2.45) is 0 Å². The van der Waals surface area contributed by atoms with Crippen LogP contribution >= 0.6 is 0 Å². The molecule has 2 heterocycles. The number of pyridine rings is 1. The summed E-state index contributed by atoms with van der Waals surface area (Å²) in [6, 6.07) is 1.79. The fourth-order valence-electron chi connectivity index (χ4n) is 1.82. The van der Waals surface area contributed by atoms with E-state index in [1.807, 2.05) is 13.8 Å². The average molecular weight is 197 g/mol. The summed E-state index contributed by atoms with van der Waals surface area (Å²) < 4.78 is 23.3. The molecule has 1 aliphatic rings. The van der Waals surface area contributed by atoms with Crippen molar-refractivity contribution >= 4 is 9.84 Å². The van der Waals surface area contributed by atoms with E-state index in [0.29, 0.717) is 4.90 Å². The van der Waals surface area contributed by atoms with Crippen LogP contribution in [0.3, 0.4) is 0 Å². The van der Waals surface area contributed by atoms with Crippen molar-refractivity contribution in [1.29, 1.82) is 0 Å². The highest BCUT2D eigenvalue weighted by molar-refractivity contribution is 7.91. The fourth-order valence-corrected chi connectivity index (χ4v) is 3.98. The van der Waals surface area contributed by atoms with Crippen LogP contribution in [-0.4, -0.2) is 19.2 Å². The Kier molecular flexibility index (Phi) is 1.55. The Bertz CT molecular complexity index is 448. The molecule has 0 fully saturated rings. The summed E-state index contributed by atoms with van der Waals surface area (Å²) in [5, 5.41) is 0. The maximum Gasteiger partial charge on any atom is 0.181 e. The molecule has 4 heteroatoms. The molecule has 2 rings (SSSR count). The molecular weight excluding hydrogens is 186 g/mol. The summed E-state index contributed by atoms with van der Waals surface area (Å²) in [4.78, 5) is 4.24. The van der Waals surface area contributed by atoms with Crippen molar-refractivity contribution in [3.8, 4) is 0 Å². The van der Waals surface area contributed by atoms with Crippen LogP contribution in [-0.2, 0) is 15.3 Å². The minimum Gasteiger partial charge on any atom is -0.263 e. The van der Waals surface area contributed by atoms with E-state index >= 15 is 0 Å². The predicted molar refractivity (Wildman–Crippen MR) is 49.3 cm³/mol. The monoisotopic (exact) mass is 197 g/mol. The van der Waals surface area contributed by atoms with Crippen molar-refractivity contribution < 1.29 is 8.42 Å². The smallest absolute Gasteiger partial charge is 0.181 e. The zero-order valence-electron chi connectivity index (χ0n) is 7.61. The van der Waals surface area contributed by atoms with Crippen molar-refractivity contribution in [1.82, 2.24) is 4.98 Å². The van der Waals surface area contributed by atoms with Crippen molar-refractivity contribution in [2.75, 3.05) is 5.75 Å². The van der Waals surface area contributed by atoms with E-state index < -0.39 is 9.84 Å². The Morgan fingerprint density at radius 2 is 2.15 bits per heavy atom. The molecule has 1 aliphatic heterocycles. The molecule has 1 aromatic heterocycles. The van der Waals surface area contributed by atoms with Gasteiger partial charge in [0.1, 0.15) is 0 Å². The summed E-state index contributed by atoms with van der Waals surface area (Å²) in [7, 11) is -3.08. The molecule has 70 valence electrons. The van der Waals surface area contributed by atoms with Gasteiger partial charge in [-0.2, -0.15) is 0 Å². The maximum absolute atomic E-state index is 11.6. The van der Waals surface area contributed by atoms with E-state index in [4.69, 9.17) is 0 Å². The predicted octanol–water partition coefficient (Wildman–Crippen LogP) is 1.15. The number of fused-ring (bicyclic) bond motifs is 1. The minimum atomic E-state index is -3.08. The molecule has 0 aromatic carbocycles. The van der Waals surface area contributed by atoms with Gasteiger partial charge in [0.05, 0.1) is 10.6 Å². The first kappa shape index (κ1) is 8.69. The first-order valence-corrected chi connectivity index (χ1v) is 5.76. The summed E-state index contributed by atoms with van der Waals surface area (Å²) in [6.07, 6.45) is 3.08. The third kappa shape index (κ3) is 1.16. The van der Waals surface area contributed by atoms with E-state index in [1.54, 1.807) is 12.3 Å². The van der Waals surface area contributed by atoms with Gasteiger partial charge in [0.15, 0.2) is 9.84 Å². The Morgan fingerprint density at radius 3 is 2.77 bits per heavy atom. The largest absolute Gasteiger partial charge is 0.263 e. The Labute approximate surface area is 77.7 Å². The molecular formula is C9H11NO2S. The summed E-state index contributed by atoms with van der Waals surface area (Å²) in [5.41, 5.74) is 0.624. The SMILES string of the molecule is CC1(C)CS(=O)(=O)c2cnccc21. The lowest BCUT2D eigenvalue weighted by molar-refractivity contribution is 0.572. The van der Waals surface area contributed by atoms with E-state index in [0.717, 1.165) is 5.56 Å². The van der Waals surface area contributed by atoms with Gasteiger partial charge in [-0.3, -0.25) is 4.98 Å². The average Bonchev–Trinajstić information content (AvgIpc) is 2.20. The fraction of sp³-hybridized carbons (Fsp3) is 0.444. The lowest BCUT2D eigenvalue weighted by Gasteiger charge is -2.15. The molecule has 0 atom stereocenters. The number of hydrogen-bond acceptors (Lipinski definition) is 3. The van der Waals surface area contributed by atoms with E-state index in [1.165, 1.54) is 6.20 Å². The second-order valence-corrected chi connectivity index (χ2v) is 5.97. The third-order valence-electron chi connectivity index (χ3n) is 2.40. The van der Waals surface area contributed by atoms with Gasteiger partial charge in [0.2, 0.25) is 0 Å². The molecule has 13 heavy (non-hydrogen) atoms. The van der Waals surface area contributed by atoms with Crippen LogP contribution in [0.1, 0.15) is 19.4 Å². The molecule has 1 aromatic rings. The van der Waals surface area contributed by atoms with Crippen LogP contribution in [0.4, 0.5) is 0 Å². The number of aromatic nitrogens is 1. The third-order valence-corrected chi connectivity index (χ3v) is 4.50. The molecule has 0 saturated heterocycles. The molecule has 0 unspecified atom stereocenters. The van der Waals surface area contributed by atoms with Gasteiger partial charge >= 0.3 is 0 Å². The van der Waals surface area contributed by atoms with Gasteiger partial charge < -0.3 is 0 Å². The van der Waals surface area contributed by atoms with Crippen molar-refractivity contribution in [3.05, 3.63) is 24.0 Å². The quantitative estimate of drug-likeness (QED) is 0.626. The van der Waals surface area contributed by atoms with Crippen LogP contribution < -0.4 is 0 Å². The van der Waals surface area contributed by atoms with Crippen molar-refractivity contribution in [2.45, 2.75) is 24.2 Å². The lowest BCUT2D eigenvalue weighted by Crippen LogP contribution is -2.18. The van der Waals surface area contributed by atoms with Gasteiger partial charge in [-0.1, -0.05) is 13.8 Å². The highest BCUT2D eigenvalue weighted by Crippen LogP contribution is 2.38. The molecule has 0 saturated carbocycles. The van der Waals surface area contributed by atoms with Crippen LogP contribution in [0.5, 0.6) is 0 Å². The Morgan fingerprint density at radius 1 is 1.46 bits per heavy atom. The number of sulfone groups is 1. The summed E-state index contributed by atoms with van der Waals surface area (Å²) >= 11 is 0. The minimum absolute atomic E-state index is 0.195. The van der Waals surface area contributed by atoms with Gasteiger partial charge in [0, 0.05) is 17.8 Å². The van der Waals surface area contributed by atoms with Crippen LogP contribution in [0.25, 0.3) is 0 Å². The first-order valence-electron chi connectivity index (χ1n) is 4.11. The highest BCUT2D eigenvalue weighted by atomic mass is 32.2. The number of hydrogen-bond donors (Lipinski definition) is 0. The number of nitrogens with zero attached hydrogens (tertiary/aromatic N) is 1. The molecule has 0 aliphatic carbocycles. The second-order valence-electron chi connectivity index (χ2n) is 4.01. The zero-order valence-corrected chi connectivity index (χ0v) is 8.43. The maximum atomic E-state index is 11.6. The summed E-state index contributed by atoms with van der Waals surface area (Å²) in [6.45, 7) is 3.88. The van der Waals surface area contributed by atoms with Crippen molar-refractivity contribution in [3.63, 3.8) is 0 Å². The van der Waals surface area contributed by atoms with Crippen LogP contribution in [0.2, 0.25) is 0 Å². The normalized spacial score (nSPS) is 22.6. The van der Waals surface area contributed by atoms with Crippen LogP contribution in [0.15, 0.2) is 23.4 Å². The van der Waals surface area contributed by atoms with E-state index in [9.17, 15) is 8.42 Å². The van der Waals surface area contributed by atoms with Gasteiger partial charge in [-0.15, -0.1) is 0 Å². The molecule has 0 spiro atoms. The summed E-state index contributed by atoms with van der Waals surface area (Å²) in [5.74, 6) is 0.195. The Hall–Kier alpha value is -0.900. The lowest BCUT2D eigenvalue weighted by atomic mass is 9.88. The van der Waals surface area contributed by atoms with Crippen LogP contribution in [0, 0.1) is 0 Å². The van der Waals surface area contributed by atoms with E-state index in [-0.39, 0.29) is 11.2 Å². The highest BCUT2D eigenvalue weighted by Gasteiger charge is 2.40.